The van der Waals surface area contributed by atoms with Gasteiger partial charge in [-0.15, -0.1) is 0 Å². The molecule has 0 saturated heterocycles. The Morgan fingerprint density at radius 3 is 2.40 bits per heavy atom. The molecule has 0 bridgehead atoms. The maximum Gasteiger partial charge on any atom is 0.136 e. The van der Waals surface area contributed by atoms with Crippen molar-refractivity contribution in [2.45, 2.75) is 58.3 Å². The van der Waals surface area contributed by atoms with Crippen molar-refractivity contribution in [2.75, 3.05) is 0 Å². The van der Waals surface area contributed by atoms with Gasteiger partial charge in [-0.1, -0.05) is 0 Å². The number of carbonyl (C=O) groups excluding carboxylic acids is 3. The summed E-state index contributed by atoms with van der Waals surface area (Å²) in [4.78, 5) is 35.4. The third-order valence-electron chi connectivity index (χ3n) is 6.03. The summed E-state index contributed by atoms with van der Waals surface area (Å²) < 4.78 is 0. The summed E-state index contributed by atoms with van der Waals surface area (Å²) in [6.07, 6.45) is 6.71. The molecular weight excluding hydrogens is 252 g/mol. The monoisotopic (exact) mass is 276 g/mol. The van der Waals surface area contributed by atoms with Crippen LogP contribution in [0.1, 0.15) is 58.3 Å². The van der Waals surface area contributed by atoms with Crippen LogP contribution in [0.25, 0.3) is 0 Å². The average molecular weight is 276 g/mol. The van der Waals surface area contributed by atoms with Gasteiger partial charge >= 0.3 is 0 Å². The Labute approximate surface area is 120 Å². The highest BCUT2D eigenvalue weighted by Crippen LogP contribution is 2.53. The summed E-state index contributed by atoms with van der Waals surface area (Å²) in [5.41, 5.74) is 0. The summed E-state index contributed by atoms with van der Waals surface area (Å²) in [5.74, 6) is 2.95. The van der Waals surface area contributed by atoms with Gasteiger partial charge < -0.3 is 4.79 Å². The van der Waals surface area contributed by atoms with Crippen LogP contribution in [0, 0.1) is 29.6 Å². The van der Waals surface area contributed by atoms with Crippen molar-refractivity contribution in [3.8, 4) is 0 Å². The number of ketones is 3. The van der Waals surface area contributed by atoms with E-state index in [1.807, 2.05) is 0 Å². The number of hydrogen-bond donors (Lipinski definition) is 0. The Morgan fingerprint density at radius 2 is 1.65 bits per heavy atom. The van der Waals surface area contributed by atoms with E-state index in [0.717, 1.165) is 38.5 Å². The van der Waals surface area contributed by atoms with Crippen LogP contribution in [0.5, 0.6) is 0 Å². The van der Waals surface area contributed by atoms with E-state index in [0.29, 0.717) is 42.2 Å². The molecule has 3 aliphatic carbocycles. The van der Waals surface area contributed by atoms with Gasteiger partial charge in [-0.3, -0.25) is 9.59 Å². The van der Waals surface area contributed by atoms with E-state index >= 15 is 0 Å². The molecule has 0 aliphatic heterocycles. The lowest BCUT2D eigenvalue weighted by atomic mass is 9.58. The molecule has 3 heteroatoms. The smallest absolute Gasteiger partial charge is 0.136 e. The fourth-order valence-corrected chi connectivity index (χ4v) is 5.12. The number of hydrogen-bond acceptors (Lipinski definition) is 3. The third-order valence-corrected chi connectivity index (χ3v) is 6.03. The van der Waals surface area contributed by atoms with Crippen LogP contribution < -0.4 is 0 Å². The van der Waals surface area contributed by atoms with Crippen LogP contribution in [-0.4, -0.2) is 17.3 Å². The maximum absolute atomic E-state index is 12.2. The Hall–Kier alpha value is -0.990. The number of carbonyl (C=O) groups is 3. The first kappa shape index (κ1) is 14.0. The normalized spacial score (nSPS) is 40.4. The fourth-order valence-electron chi connectivity index (χ4n) is 5.12. The van der Waals surface area contributed by atoms with Crippen LogP contribution in [0.4, 0.5) is 0 Å². The molecule has 0 heterocycles. The van der Waals surface area contributed by atoms with Gasteiger partial charge in [0.2, 0.25) is 0 Å². The molecular formula is C17H24O3. The van der Waals surface area contributed by atoms with Crippen molar-refractivity contribution in [1.82, 2.24) is 0 Å². The Morgan fingerprint density at radius 1 is 0.950 bits per heavy atom. The zero-order valence-electron chi connectivity index (χ0n) is 12.3. The van der Waals surface area contributed by atoms with Crippen LogP contribution in [0.2, 0.25) is 0 Å². The van der Waals surface area contributed by atoms with E-state index in [4.69, 9.17) is 0 Å². The quantitative estimate of drug-likeness (QED) is 0.796. The van der Waals surface area contributed by atoms with Crippen molar-refractivity contribution in [3.05, 3.63) is 0 Å². The molecule has 0 unspecified atom stereocenters. The number of Topliss-reactive ketones (excluding diaryl/α,β-unsaturated/α-hetero) is 3. The Kier molecular flexibility index (Phi) is 3.78. The first-order chi connectivity index (χ1) is 9.58. The minimum Gasteiger partial charge on any atom is -0.300 e. The van der Waals surface area contributed by atoms with E-state index in [1.54, 1.807) is 6.92 Å². The van der Waals surface area contributed by atoms with Gasteiger partial charge in [0.05, 0.1) is 0 Å². The second-order valence-corrected chi connectivity index (χ2v) is 7.03. The molecule has 110 valence electrons. The first-order valence-electron chi connectivity index (χ1n) is 8.12. The third kappa shape index (κ3) is 2.36. The summed E-state index contributed by atoms with van der Waals surface area (Å²) in [6.45, 7) is 1.61. The topological polar surface area (TPSA) is 51.2 Å². The molecule has 0 aromatic rings. The average Bonchev–Trinajstić information content (AvgIpc) is 2.79. The van der Waals surface area contributed by atoms with Crippen LogP contribution in [0.15, 0.2) is 0 Å². The zero-order valence-corrected chi connectivity index (χ0v) is 12.3. The van der Waals surface area contributed by atoms with E-state index in [2.05, 4.69) is 0 Å². The molecule has 3 aliphatic rings. The minimum absolute atomic E-state index is 0.0919. The number of rotatable bonds is 3. The van der Waals surface area contributed by atoms with Gasteiger partial charge in [0, 0.05) is 31.1 Å². The molecule has 0 N–H and O–H groups in total. The SMILES string of the molecule is CC(=O)CC[C@H]1C(=O)CC[C@H]2[C@@H]3CCC(=O)[C@H]3CC[C@@H]21. The summed E-state index contributed by atoms with van der Waals surface area (Å²) in [5, 5.41) is 0. The van der Waals surface area contributed by atoms with Crippen molar-refractivity contribution >= 4 is 17.3 Å². The molecule has 0 spiro atoms. The van der Waals surface area contributed by atoms with Gasteiger partial charge in [0.25, 0.3) is 0 Å². The highest BCUT2D eigenvalue weighted by Gasteiger charge is 2.50. The molecule has 0 amide bonds. The zero-order chi connectivity index (χ0) is 14.3. The maximum atomic E-state index is 12.2. The molecule has 3 fully saturated rings. The van der Waals surface area contributed by atoms with Gasteiger partial charge in [-0.2, -0.15) is 0 Å². The molecule has 5 atom stereocenters. The van der Waals surface area contributed by atoms with Gasteiger partial charge in [0.15, 0.2) is 0 Å². The molecule has 3 nitrogen and oxygen atoms in total. The standard InChI is InChI=1S/C17H24O3/c1-10(18)2-3-14-12-4-5-15-13(7-9-17(15)20)11(12)6-8-16(14)19/h11-15H,2-9H2,1H3/t11-,12+,13+,14-,15+/m1/s1. The summed E-state index contributed by atoms with van der Waals surface area (Å²) >= 11 is 0. The number of fused-ring (bicyclic) bond motifs is 3. The molecule has 0 radical (unpaired) electrons. The summed E-state index contributed by atoms with van der Waals surface area (Å²) in [7, 11) is 0. The molecule has 3 saturated carbocycles. The van der Waals surface area contributed by atoms with Crippen molar-refractivity contribution in [3.63, 3.8) is 0 Å². The lowest BCUT2D eigenvalue weighted by Crippen LogP contribution is -2.43. The Balaban J connectivity index is 1.75. The van der Waals surface area contributed by atoms with E-state index in [-0.39, 0.29) is 17.6 Å². The first-order valence-corrected chi connectivity index (χ1v) is 8.12. The van der Waals surface area contributed by atoms with Crippen molar-refractivity contribution in [2.24, 2.45) is 29.6 Å². The van der Waals surface area contributed by atoms with E-state index in [1.165, 1.54) is 0 Å². The summed E-state index contributed by atoms with van der Waals surface area (Å²) in [6, 6.07) is 0. The second kappa shape index (κ2) is 5.42. The molecule has 3 rings (SSSR count). The second-order valence-electron chi connectivity index (χ2n) is 7.03. The largest absolute Gasteiger partial charge is 0.300 e. The van der Waals surface area contributed by atoms with Crippen LogP contribution in [-0.2, 0) is 14.4 Å². The molecule has 0 aromatic carbocycles. The minimum atomic E-state index is 0.0919. The van der Waals surface area contributed by atoms with Crippen LogP contribution >= 0.6 is 0 Å². The molecule has 0 aromatic heterocycles. The van der Waals surface area contributed by atoms with Gasteiger partial charge in [-0.25, -0.2) is 0 Å². The van der Waals surface area contributed by atoms with E-state index in [9.17, 15) is 14.4 Å². The van der Waals surface area contributed by atoms with Gasteiger partial charge in [-0.05, 0) is 56.8 Å². The molecule has 20 heavy (non-hydrogen) atoms. The van der Waals surface area contributed by atoms with Crippen molar-refractivity contribution < 1.29 is 14.4 Å². The highest BCUT2D eigenvalue weighted by atomic mass is 16.1. The predicted octanol–water partition coefficient (Wildman–Crippen LogP) is 2.96. The predicted molar refractivity (Wildman–Crippen MR) is 75.1 cm³/mol. The van der Waals surface area contributed by atoms with E-state index < -0.39 is 0 Å². The van der Waals surface area contributed by atoms with Crippen molar-refractivity contribution in [1.29, 1.82) is 0 Å². The highest BCUT2D eigenvalue weighted by molar-refractivity contribution is 5.85. The Bertz CT molecular complexity index is 440. The van der Waals surface area contributed by atoms with Gasteiger partial charge in [0.1, 0.15) is 17.3 Å². The fraction of sp³-hybridized carbons (Fsp3) is 0.824. The lowest BCUT2D eigenvalue weighted by molar-refractivity contribution is -0.133. The van der Waals surface area contributed by atoms with Crippen LogP contribution in [0.3, 0.4) is 0 Å². The lowest BCUT2D eigenvalue weighted by Gasteiger charge is -2.46.